The number of hydrogen-bond donors (Lipinski definition) is 4. The summed E-state index contributed by atoms with van der Waals surface area (Å²) < 4.78 is 0. The molecular weight excluding hydrogens is 472 g/mol. The van der Waals surface area contributed by atoms with Crippen LogP contribution >= 0.6 is 24.4 Å². The van der Waals surface area contributed by atoms with Gasteiger partial charge in [0, 0.05) is 24.3 Å². The summed E-state index contributed by atoms with van der Waals surface area (Å²) in [6.07, 6.45) is 0. The Hall–Kier alpha value is -4.04. The molecule has 2 atom stereocenters. The van der Waals surface area contributed by atoms with E-state index in [1.165, 1.54) is 48.5 Å². The van der Waals surface area contributed by atoms with Gasteiger partial charge < -0.3 is 21.3 Å². The van der Waals surface area contributed by atoms with Gasteiger partial charge in [0.1, 0.15) is 0 Å². The van der Waals surface area contributed by atoms with Crippen LogP contribution in [0.2, 0.25) is 0 Å². The van der Waals surface area contributed by atoms with Crippen molar-refractivity contribution in [1.82, 2.24) is 21.3 Å². The number of amides is 2. The lowest BCUT2D eigenvalue weighted by atomic mass is 9.65. The largest absolute Gasteiger partial charge is 0.354 e. The van der Waals surface area contributed by atoms with Gasteiger partial charge in [0.15, 0.2) is 15.6 Å². The zero-order valence-electron chi connectivity index (χ0n) is 16.4. The van der Waals surface area contributed by atoms with E-state index in [2.05, 4.69) is 21.3 Å². The fraction of sp³-hybridized carbons (Fsp3) is 0.158. The van der Waals surface area contributed by atoms with Crippen LogP contribution < -0.4 is 21.3 Å². The number of hydrogen-bond acceptors (Lipinski definition) is 8. The van der Waals surface area contributed by atoms with E-state index in [1.807, 2.05) is 0 Å². The molecule has 2 aliphatic rings. The summed E-state index contributed by atoms with van der Waals surface area (Å²) in [4.78, 5) is 48.4. The van der Waals surface area contributed by atoms with Crippen molar-refractivity contribution in [2.45, 2.75) is 12.1 Å². The van der Waals surface area contributed by atoms with Gasteiger partial charge in [-0.15, -0.1) is 0 Å². The minimum atomic E-state index is -2.00. The van der Waals surface area contributed by atoms with E-state index in [-0.39, 0.29) is 32.7 Å². The van der Waals surface area contributed by atoms with Gasteiger partial charge in [0.05, 0.1) is 21.9 Å². The molecular formula is C19H14N6O6S2. The summed E-state index contributed by atoms with van der Waals surface area (Å²) in [6.45, 7) is 0. The van der Waals surface area contributed by atoms with Crippen LogP contribution in [0, 0.1) is 25.6 Å². The van der Waals surface area contributed by atoms with Gasteiger partial charge in [0.2, 0.25) is 11.8 Å². The Labute approximate surface area is 196 Å². The number of benzene rings is 2. The molecule has 2 heterocycles. The number of non-ortho nitro benzene ring substituents is 2. The first-order valence-electron chi connectivity index (χ1n) is 9.37. The quantitative estimate of drug-likeness (QED) is 0.214. The van der Waals surface area contributed by atoms with Crippen molar-refractivity contribution in [3.63, 3.8) is 0 Å². The molecule has 4 rings (SSSR count). The molecule has 2 amide bonds. The van der Waals surface area contributed by atoms with Crippen molar-refractivity contribution in [3.8, 4) is 0 Å². The molecule has 2 fully saturated rings. The van der Waals surface area contributed by atoms with Crippen LogP contribution in [0.3, 0.4) is 0 Å². The van der Waals surface area contributed by atoms with Gasteiger partial charge >= 0.3 is 0 Å². The Bertz CT molecular complexity index is 1160. The Kier molecular flexibility index (Phi) is 5.47. The smallest absolute Gasteiger partial charge is 0.269 e. The fourth-order valence-corrected chi connectivity index (χ4v) is 4.52. The Morgan fingerprint density at radius 3 is 1.58 bits per heavy atom. The average molecular weight is 486 g/mol. The zero-order valence-corrected chi connectivity index (χ0v) is 18.1. The Morgan fingerprint density at radius 1 is 0.758 bits per heavy atom. The molecule has 14 heteroatoms. The number of carbonyl (C=O) groups is 2. The van der Waals surface area contributed by atoms with E-state index in [9.17, 15) is 29.8 Å². The summed E-state index contributed by atoms with van der Waals surface area (Å²) in [6, 6.07) is 8.51. The fourth-order valence-electron chi connectivity index (χ4n) is 4.10. The number of nitrogens with one attached hydrogen (secondary N) is 4. The van der Waals surface area contributed by atoms with Crippen molar-refractivity contribution >= 4 is 57.8 Å². The predicted octanol–water partition coefficient (Wildman–Crippen LogP) is 1.28. The molecule has 2 aliphatic heterocycles. The maximum absolute atomic E-state index is 13.5. The molecule has 2 aromatic carbocycles. The molecule has 0 bridgehead atoms. The number of rotatable bonds is 4. The van der Waals surface area contributed by atoms with E-state index < -0.39 is 39.2 Å². The third-order valence-electron chi connectivity index (χ3n) is 5.50. The summed E-state index contributed by atoms with van der Waals surface area (Å²) in [5, 5.41) is 33.1. The second-order valence-electron chi connectivity index (χ2n) is 7.29. The van der Waals surface area contributed by atoms with Crippen molar-refractivity contribution in [1.29, 1.82) is 0 Å². The first-order chi connectivity index (χ1) is 15.6. The molecule has 12 nitrogen and oxygen atoms in total. The lowest BCUT2D eigenvalue weighted by Crippen LogP contribution is -2.73. The minimum Gasteiger partial charge on any atom is -0.354 e. The maximum Gasteiger partial charge on any atom is 0.269 e. The second-order valence-corrected chi connectivity index (χ2v) is 8.11. The number of thiocarbonyl (C=S) groups is 2. The van der Waals surface area contributed by atoms with Gasteiger partial charge in [-0.1, -0.05) is 24.3 Å². The first kappa shape index (κ1) is 22.2. The van der Waals surface area contributed by atoms with Crippen LogP contribution in [0.4, 0.5) is 11.4 Å². The first-order valence-corrected chi connectivity index (χ1v) is 10.2. The van der Waals surface area contributed by atoms with Crippen LogP contribution in [-0.2, 0) is 9.59 Å². The summed E-state index contributed by atoms with van der Waals surface area (Å²) in [5.74, 6) is -1.60. The van der Waals surface area contributed by atoms with Crippen molar-refractivity contribution < 1.29 is 19.4 Å². The molecule has 2 aromatic rings. The van der Waals surface area contributed by atoms with E-state index in [0.717, 1.165) is 0 Å². The van der Waals surface area contributed by atoms with Gasteiger partial charge in [-0.05, 0) is 35.6 Å². The van der Waals surface area contributed by atoms with E-state index >= 15 is 0 Å². The standard InChI is InChI=1S/C19H14N6O6S2/c26-15-19(16(27)23-18(33)22-15)13(9-3-1-5-11(7-9)24(28)29)20-17(32)21-14(19)10-4-2-6-12(8-10)25(30)31/h1-8,13-14H,(H2,20,21,32)(H2,22,23,26,27,33)/t13-,14+. The van der Waals surface area contributed by atoms with Gasteiger partial charge in [-0.3, -0.25) is 29.8 Å². The monoisotopic (exact) mass is 486 g/mol. The second kappa shape index (κ2) is 8.14. The molecule has 0 aliphatic carbocycles. The van der Waals surface area contributed by atoms with E-state index in [1.54, 1.807) is 0 Å². The summed E-state index contributed by atoms with van der Waals surface area (Å²) in [5.41, 5.74) is -2.04. The van der Waals surface area contributed by atoms with Crippen molar-refractivity contribution in [2.75, 3.05) is 0 Å². The highest BCUT2D eigenvalue weighted by Crippen LogP contribution is 2.49. The molecule has 168 valence electrons. The van der Waals surface area contributed by atoms with Crippen LogP contribution in [0.25, 0.3) is 0 Å². The van der Waals surface area contributed by atoms with Gasteiger partial charge in [-0.25, -0.2) is 0 Å². The van der Waals surface area contributed by atoms with Crippen LogP contribution in [0.15, 0.2) is 48.5 Å². The predicted molar refractivity (Wildman–Crippen MR) is 122 cm³/mol. The maximum atomic E-state index is 13.5. The zero-order chi connectivity index (χ0) is 23.9. The van der Waals surface area contributed by atoms with Crippen LogP contribution in [0.1, 0.15) is 23.2 Å². The molecule has 0 unspecified atom stereocenters. The topological polar surface area (TPSA) is 169 Å². The Morgan fingerprint density at radius 2 is 1.18 bits per heavy atom. The minimum absolute atomic E-state index is 0.0439. The van der Waals surface area contributed by atoms with Gasteiger partial charge in [0.25, 0.3) is 11.4 Å². The highest BCUT2D eigenvalue weighted by molar-refractivity contribution is 7.80. The number of nitrogens with zero attached hydrogens (tertiary/aromatic N) is 2. The van der Waals surface area contributed by atoms with Crippen LogP contribution in [-0.4, -0.2) is 31.9 Å². The van der Waals surface area contributed by atoms with Crippen LogP contribution in [0.5, 0.6) is 0 Å². The highest BCUT2D eigenvalue weighted by atomic mass is 32.1. The van der Waals surface area contributed by atoms with Gasteiger partial charge in [-0.2, -0.15) is 0 Å². The number of carbonyl (C=O) groups excluding carboxylic acids is 2. The highest BCUT2D eigenvalue weighted by Gasteiger charge is 2.63. The molecule has 0 aromatic heterocycles. The molecule has 0 radical (unpaired) electrons. The lowest BCUT2D eigenvalue weighted by Gasteiger charge is -2.49. The SMILES string of the molecule is O=C1NC(=S)NC(=O)C12[C@@H](c1cccc([N+](=O)[O-])c1)NC(=S)N[C@H]2c1cccc([N+](=O)[O-])c1. The van der Waals surface area contributed by atoms with E-state index in [4.69, 9.17) is 24.4 Å². The molecule has 1 spiro atoms. The molecule has 2 saturated heterocycles. The van der Waals surface area contributed by atoms with Crippen molar-refractivity contribution in [3.05, 3.63) is 79.9 Å². The average Bonchev–Trinajstić information content (AvgIpc) is 2.77. The summed E-state index contributed by atoms with van der Waals surface area (Å²) in [7, 11) is 0. The molecule has 0 saturated carbocycles. The third kappa shape index (κ3) is 3.64. The van der Waals surface area contributed by atoms with E-state index in [0.29, 0.717) is 0 Å². The molecule has 4 N–H and O–H groups in total. The third-order valence-corrected chi connectivity index (χ3v) is 5.94. The summed E-state index contributed by atoms with van der Waals surface area (Å²) >= 11 is 10.2. The normalized spacial score (nSPS) is 21.5. The molecule has 33 heavy (non-hydrogen) atoms. The lowest BCUT2D eigenvalue weighted by molar-refractivity contribution is -0.385. The number of nitro groups is 2. The van der Waals surface area contributed by atoms with Crippen molar-refractivity contribution in [2.24, 2.45) is 5.41 Å². The number of nitro benzene ring substituents is 2. The Balaban J connectivity index is 1.96.